The van der Waals surface area contributed by atoms with E-state index in [4.69, 9.17) is 9.15 Å². The molecule has 2 fully saturated rings. The maximum absolute atomic E-state index is 10.2. The number of nitrogens with zero attached hydrogens (tertiary/aromatic N) is 3. The number of aliphatic hydroxyl groups excluding tert-OH is 3. The quantitative estimate of drug-likeness (QED) is 0.723. The van der Waals surface area contributed by atoms with Crippen molar-refractivity contribution in [3.05, 3.63) is 18.2 Å². The maximum Gasteiger partial charge on any atom is 0.195 e. The van der Waals surface area contributed by atoms with Crippen molar-refractivity contribution in [2.45, 2.75) is 37.3 Å². The molecule has 0 bridgehead atoms. The molecule has 0 radical (unpaired) electrons. The summed E-state index contributed by atoms with van der Waals surface area (Å²) in [6.07, 6.45) is 1.30. The summed E-state index contributed by atoms with van der Waals surface area (Å²) in [7, 11) is 0. The van der Waals surface area contributed by atoms with Gasteiger partial charge in [0.2, 0.25) is 0 Å². The van der Waals surface area contributed by atoms with Crippen LogP contribution in [-0.4, -0.2) is 63.3 Å². The number of anilines is 1. The van der Waals surface area contributed by atoms with Crippen LogP contribution in [0.25, 0.3) is 11.1 Å². The van der Waals surface area contributed by atoms with Gasteiger partial charge in [0.15, 0.2) is 11.4 Å². The average Bonchev–Trinajstić information content (AvgIpc) is 3.28. The third kappa shape index (κ3) is 2.29. The molecular formula is C15H19N3O5. The summed E-state index contributed by atoms with van der Waals surface area (Å²) in [5, 5.41) is 29.3. The summed E-state index contributed by atoms with van der Waals surface area (Å²) in [6.45, 7) is 1.49. The largest absolute Gasteiger partial charge is 0.458 e. The molecule has 0 aliphatic carbocycles. The lowest BCUT2D eigenvalue weighted by Crippen LogP contribution is -2.32. The van der Waals surface area contributed by atoms with Crippen LogP contribution in [0.4, 0.5) is 5.82 Å². The minimum absolute atomic E-state index is 0.363. The third-order valence-electron chi connectivity index (χ3n) is 4.62. The molecule has 0 spiro atoms. The van der Waals surface area contributed by atoms with Gasteiger partial charge >= 0.3 is 0 Å². The molecule has 0 aromatic carbocycles. The van der Waals surface area contributed by atoms with Crippen molar-refractivity contribution in [2.24, 2.45) is 0 Å². The van der Waals surface area contributed by atoms with Crippen LogP contribution in [0.15, 0.2) is 17.0 Å². The third-order valence-corrected chi connectivity index (χ3v) is 4.62. The Morgan fingerprint density at radius 2 is 1.96 bits per heavy atom. The second-order valence-electron chi connectivity index (χ2n) is 6.02. The van der Waals surface area contributed by atoms with Crippen LogP contribution in [-0.2, 0) is 4.74 Å². The number of rotatable bonds is 3. The van der Waals surface area contributed by atoms with Gasteiger partial charge in [-0.2, -0.15) is 0 Å². The van der Waals surface area contributed by atoms with Gasteiger partial charge in [-0.15, -0.1) is 0 Å². The van der Waals surface area contributed by atoms with Crippen molar-refractivity contribution in [3.63, 3.8) is 0 Å². The molecule has 0 saturated carbocycles. The smallest absolute Gasteiger partial charge is 0.195 e. The molecule has 3 N–H and O–H groups in total. The fourth-order valence-electron chi connectivity index (χ4n) is 3.37. The van der Waals surface area contributed by atoms with Crippen LogP contribution in [0, 0.1) is 0 Å². The second kappa shape index (κ2) is 5.72. The molecular weight excluding hydrogens is 302 g/mol. The molecule has 2 aromatic rings. The molecule has 8 heteroatoms. The average molecular weight is 321 g/mol. The van der Waals surface area contributed by atoms with Gasteiger partial charge < -0.3 is 29.4 Å². The first-order valence-corrected chi connectivity index (χ1v) is 7.80. The van der Waals surface area contributed by atoms with Gasteiger partial charge in [-0.3, -0.25) is 0 Å². The summed E-state index contributed by atoms with van der Waals surface area (Å²) < 4.78 is 11.2. The molecule has 2 aliphatic heterocycles. The number of fused-ring (bicyclic) bond motifs is 1. The Balaban J connectivity index is 1.73. The summed E-state index contributed by atoms with van der Waals surface area (Å²) >= 11 is 0. The van der Waals surface area contributed by atoms with E-state index in [1.54, 1.807) is 0 Å². The van der Waals surface area contributed by atoms with Gasteiger partial charge in [-0.05, 0) is 12.8 Å². The molecule has 8 nitrogen and oxygen atoms in total. The van der Waals surface area contributed by atoms with Crippen molar-refractivity contribution in [1.29, 1.82) is 0 Å². The lowest BCUT2D eigenvalue weighted by Gasteiger charge is -2.16. The van der Waals surface area contributed by atoms with E-state index >= 15 is 0 Å². The van der Waals surface area contributed by atoms with Crippen LogP contribution in [0.1, 0.15) is 24.5 Å². The summed E-state index contributed by atoms with van der Waals surface area (Å²) in [4.78, 5) is 10.7. The fraction of sp³-hybridized carbons (Fsp3) is 0.600. The minimum Gasteiger partial charge on any atom is -0.458 e. The first-order valence-electron chi connectivity index (χ1n) is 7.80. The Labute approximate surface area is 132 Å². The van der Waals surface area contributed by atoms with Gasteiger partial charge in [0.05, 0.1) is 12.9 Å². The van der Waals surface area contributed by atoms with Crippen molar-refractivity contribution >= 4 is 16.9 Å². The SMILES string of the molecule is OC[C@H]1OC(c2coc3c(N4CCCC4)ncnc23)[C@H](O)[C@@H]1O. The topological polar surface area (TPSA) is 112 Å². The Hall–Kier alpha value is -1.74. The van der Waals surface area contributed by atoms with Crippen LogP contribution < -0.4 is 4.90 Å². The normalized spacial score (nSPS) is 31.3. The van der Waals surface area contributed by atoms with E-state index in [0.29, 0.717) is 16.7 Å². The maximum atomic E-state index is 10.2. The first-order chi connectivity index (χ1) is 11.2. The molecule has 2 aromatic heterocycles. The van der Waals surface area contributed by atoms with Crippen LogP contribution in [0.3, 0.4) is 0 Å². The van der Waals surface area contributed by atoms with Gasteiger partial charge in [-0.25, -0.2) is 9.97 Å². The highest BCUT2D eigenvalue weighted by Crippen LogP contribution is 2.39. The number of hydrogen-bond acceptors (Lipinski definition) is 8. The predicted octanol–water partition coefficient (Wildman–Crippen LogP) is -0.0230. The lowest BCUT2D eigenvalue weighted by molar-refractivity contribution is -0.0226. The van der Waals surface area contributed by atoms with Crippen molar-refractivity contribution in [3.8, 4) is 0 Å². The Bertz CT molecular complexity index is 699. The second-order valence-corrected chi connectivity index (χ2v) is 6.02. The van der Waals surface area contributed by atoms with E-state index in [2.05, 4.69) is 14.9 Å². The standard InChI is InChI=1S/C15H19N3O5/c19-5-9-11(20)12(21)13(23-9)8-6-22-14-10(8)16-7-17-15(14)18-3-1-2-4-18/h6-7,9,11-13,19-21H,1-5H2/t9-,11-,12-,13?/m1/s1. The molecule has 4 atom stereocenters. The molecule has 4 rings (SSSR count). The van der Waals surface area contributed by atoms with Crippen molar-refractivity contribution in [2.75, 3.05) is 24.6 Å². The molecule has 0 amide bonds. The van der Waals surface area contributed by atoms with Crippen LogP contribution >= 0.6 is 0 Å². The molecule has 2 aliphatic rings. The lowest BCUT2D eigenvalue weighted by atomic mass is 10.0. The first kappa shape index (κ1) is 14.8. The number of ether oxygens (including phenoxy) is 1. The Kier molecular flexibility index (Phi) is 3.68. The van der Waals surface area contributed by atoms with Gasteiger partial charge in [0, 0.05) is 18.7 Å². The van der Waals surface area contributed by atoms with Crippen molar-refractivity contribution < 1.29 is 24.5 Å². The number of aliphatic hydroxyl groups is 3. The number of aromatic nitrogens is 2. The predicted molar refractivity (Wildman–Crippen MR) is 80.0 cm³/mol. The molecule has 23 heavy (non-hydrogen) atoms. The monoisotopic (exact) mass is 321 g/mol. The van der Waals surface area contributed by atoms with E-state index < -0.39 is 24.4 Å². The Morgan fingerprint density at radius 1 is 1.17 bits per heavy atom. The molecule has 2 saturated heterocycles. The zero-order valence-corrected chi connectivity index (χ0v) is 12.5. The van der Waals surface area contributed by atoms with Crippen molar-refractivity contribution in [1.82, 2.24) is 9.97 Å². The highest BCUT2D eigenvalue weighted by Gasteiger charge is 2.44. The fourth-order valence-corrected chi connectivity index (χ4v) is 3.37. The minimum atomic E-state index is -1.14. The summed E-state index contributed by atoms with van der Waals surface area (Å²) in [5.74, 6) is 0.741. The van der Waals surface area contributed by atoms with E-state index in [9.17, 15) is 15.3 Å². The highest BCUT2D eigenvalue weighted by atomic mass is 16.6. The van der Waals surface area contributed by atoms with E-state index in [0.717, 1.165) is 31.7 Å². The number of hydrogen-bond donors (Lipinski definition) is 3. The van der Waals surface area contributed by atoms with Gasteiger partial charge in [0.25, 0.3) is 0 Å². The zero-order chi connectivity index (χ0) is 16.0. The Morgan fingerprint density at radius 3 is 2.65 bits per heavy atom. The summed E-state index contributed by atoms with van der Waals surface area (Å²) in [6, 6.07) is 0. The molecule has 4 heterocycles. The zero-order valence-electron chi connectivity index (χ0n) is 12.5. The van der Waals surface area contributed by atoms with E-state index in [-0.39, 0.29) is 6.61 Å². The van der Waals surface area contributed by atoms with Crippen LogP contribution in [0.5, 0.6) is 0 Å². The van der Waals surface area contributed by atoms with E-state index in [1.807, 2.05) is 0 Å². The van der Waals surface area contributed by atoms with Gasteiger partial charge in [-0.1, -0.05) is 0 Å². The molecule has 1 unspecified atom stereocenters. The number of furan rings is 1. The van der Waals surface area contributed by atoms with E-state index in [1.165, 1.54) is 12.6 Å². The molecule has 124 valence electrons. The highest BCUT2D eigenvalue weighted by molar-refractivity contribution is 5.86. The summed E-state index contributed by atoms with van der Waals surface area (Å²) in [5.41, 5.74) is 1.68. The van der Waals surface area contributed by atoms with Gasteiger partial charge in [0.1, 0.15) is 36.3 Å². The van der Waals surface area contributed by atoms with Crippen LogP contribution in [0.2, 0.25) is 0 Å².